The zero-order valence-electron chi connectivity index (χ0n) is 13.7. The van der Waals surface area contributed by atoms with Gasteiger partial charge in [-0.25, -0.2) is 12.7 Å². The molecule has 1 aliphatic carbocycles. The summed E-state index contributed by atoms with van der Waals surface area (Å²) in [7, 11) is -3.02. The fraction of sp³-hybridized carbons (Fsp3) is 1.00. The third kappa shape index (κ3) is 4.93. The van der Waals surface area contributed by atoms with Crippen LogP contribution in [0.2, 0.25) is 0 Å². The molecule has 1 aliphatic heterocycles. The van der Waals surface area contributed by atoms with Crippen molar-refractivity contribution in [1.82, 2.24) is 9.62 Å². The molecule has 4 nitrogen and oxygen atoms in total. The summed E-state index contributed by atoms with van der Waals surface area (Å²) in [5.74, 6) is 0.547. The van der Waals surface area contributed by atoms with Gasteiger partial charge in [0.1, 0.15) is 0 Å². The number of hydrogen-bond acceptors (Lipinski definition) is 3. The molecule has 0 bridgehead atoms. The molecule has 1 saturated carbocycles. The third-order valence-electron chi connectivity index (χ3n) is 5.34. The molecule has 0 spiro atoms. The van der Waals surface area contributed by atoms with E-state index in [4.69, 9.17) is 0 Å². The van der Waals surface area contributed by atoms with E-state index in [1.54, 1.807) is 4.31 Å². The van der Waals surface area contributed by atoms with Crippen LogP contribution in [0.1, 0.15) is 58.3 Å². The highest BCUT2D eigenvalue weighted by Gasteiger charge is 2.36. The van der Waals surface area contributed by atoms with Crippen molar-refractivity contribution in [3.05, 3.63) is 0 Å². The van der Waals surface area contributed by atoms with Crippen LogP contribution in [0.4, 0.5) is 0 Å². The summed E-state index contributed by atoms with van der Waals surface area (Å²) in [6, 6.07) is 0. The van der Waals surface area contributed by atoms with Crippen LogP contribution in [0, 0.1) is 11.3 Å². The number of hydrogen-bond donors (Lipinski definition) is 1. The maximum absolute atomic E-state index is 11.8. The largest absolute Gasteiger partial charge is 0.316 e. The molecule has 0 aromatic rings. The van der Waals surface area contributed by atoms with Crippen molar-refractivity contribution in [3.63, 3.8) is 0 Å². The molecule has 2 rings (SSSR count). The topological polar surface area (TPSA) is 49.4 Å². The molecule has 1 heterocycles. The molecular weight excluding hydrogens is 284 g/mol. The van der Waals surface area contributed by atoms with E-state index < -0.39 is 10.0 Å². The van der Waals surface area contributed by atoms with E-state index in [1.807, 2.05) is 0 Å². The zero-order valence-corrected chi connectivity index (χ0v) is 14.6. The monoisotopic (exact) mass is 316 g/mol. The summed E-state index contributed by atoms with van der Waals surface area (Å²) in [4.78, 5) is 0. The van der Waals surface area contributed by atoms with Crippen molar-refractivity contribution in [2.75, 3.05) is 32.4 Å². The quantitative estimate of drug-likeness (QED) is 0.819. The number of sulfonamides is 1. The Labute approximate surface area is 130 Å². The van der Waals surface area contributed by atoms with Crippen LogP contribution in [0.5, 0.6) is 0 Å². The lowest BCUT2D eigenvalue weighted by molar-refractivity contribution is 0.114. The lowest BCUT2D eigenvalue weighted by atomic mass is 9.68. The first-order valence-electron chi connectivity index (χ1n) is 8.61. The molecule has 1 unspecified atom stereocenters. The van der Waals surface area contributed by atoms with Gasteiger partial charge in [-0.15, -0.1) is 0 Å². The van der Waals surface area contributed by atoms with Gasteiger partial charge in [0.05, 0.1) is 6.26 Å². The first-order valence-corrected chi connectivity index (χ1v) is 10.5. The molecule has 21 heavy (non-hydrogen) atoms. The lowest BCUT2D eigenvalue weighted by Gasteiger charge is -2.42. The number of nitrogens with one attached hydrogen (secondary N) is 1. The summed E-state index contributed by atoms with van der Waals surface area (Å²) < 4.78 is 25.3. The normalized spacial score (nSPS) is 27.6. The Balaban J connectivity index is 1.99. The Morgan fingerprint density at radius 1 is 1.19 bits per heavy atom. The highest BCUT2D eigenvalue weighted by molar-refractivity contribution is 7.88. The lowest BCUT2D eigenvalue weighted by Crippen LogP contribution is -2.43. The van der Waals surface area contributed by atoms with Gasteiger partial charge >= 0.3 is 0 Å². The highest BCUT2D eigenvalue weighted by Crippen LogP contribution is 2.42. The molecule has 0 amide bonds. The molecule has 0 radical (unpaired) electrons. The first kappa shape index (κ1) is 17.2. The van der Waals surface area contributed by atoms with Crippen molar-refractivity contribution in [1.29, 1.82) is 0 Å². The fourth-order valence-electron chi connectivity index (χ4n) is 4.25. The minimum atomic E-state index is -3.02. The summed E-state index contributed by atoms with van der Waals surface area (Å²) >= 11 is 0. The SMILES string of the molecule is CCNCC1(CC2CCCN(S(C)(=O)=O)C2)CCCCC1. The first-order chi connectivity index (χ1) is 9.95. The van der Waals surface area contributed by atoms with E-state index in [-0.39, 0.29) is 0 Å². The van der Waals surface area contributed by atoms with Crippen molar-refractivity contribution in [2.24, 2.45) is 11.3 Å². The van der Waals surface area contributed by atoms with Crippen LogP contribution in [0.25, 0.3) is 0 Å². The van der Waals surface area contributed by atoms with Crippen molar-refractivity contribution < 1.29 is 8.42 Å². The predicted octanol–water partition coefficient (Wildman–Crippen LogP) is 2.61. The number of piperidine rings is 1. The van der Waals surface area contributed by atoms with Crippen molar-refractivity contribution in [2.45, 2.75) is 58.3 Å². The summed E-state index contributed by atoms with van der Waals surface area (Å²) in [6.45, 7) is 5.77. The molecule has 1 atom stereocenters. The van der Waals surface area contributed by atoms with Gasteiger partial charge in [0.15, 0.2) is 0 Å². The van der Waals surface area contributed by atoms with E-state index in [0.717, 1.165) is 32.6 Å². The smallest absolute Gasteiger partial charge is 0.211 e. The average molecular weight is 317 g/mol. The third-order valence-corrected chi connectivity index (χ3v) is 6.61. The molecule has 124 valence electrons. The van der Waals surface area contributed by atoms with E-state index >= 15 is 0 Å². The molecule has 2 aliphatic rings. The summed E-state index contributed by atoms with van der Waals surface area (Å²) in [5, 5.41) is 3.56. The molecule has 0 aromatic carbocycles. The molecular formula is C16H32N2O2S. The Morgan fingerprint density at radius 3 is 2.52 bits per heavy atom. The summed E-state index contributed by atoms with van der Waals surface area (Å²) in [5.41, 5.74) is 0.416. The highest BCUT2D eigenvalue weighted by atomic mass is 32.2. The minimum Gasteiger partial charge on any atom is -0.316 e. The van der Waals surface area contributed by atoms with E-state index in [1.165, 1.54) is 51.2 Å². The Kier molecular flexibility index (Phi) is 6.09. The molecule has 1 saturated heterocycles. The Hall–Kier alpha value is -0.130. The van der Waals surface area contributed by atoms with Crippen LogP contribution in [-0.4, -0.2) is 45.2 Å². The Morgan fingerprint density at radius 2 is 1.90 bits per heavy atom. The molecule has 2 fully saturated rings. The molecule has 1 N–H and O–H groups in total. The number of nitrogens with zero attached hydrogens (tertiary/aromatic N) is 1. The average Bonchev–Trinajstić information content (AvgIpc) is 2.46. The van der Waals surface area contributed by atoms with Gasteiger partial charge in [0, 0.05) is 19.6 Å². The van der Waals surface area contributed by atoms with Gasteiger partial charge in [0.25, 0.3) is 0 Å². The van der Waals surface area contributed by atoms with Crippen LogP contribution in [-0.2, 0) is 10.0 Å². The second-order valence-corrected chi connectivity index (χ2v) is 9.16. The van der Waals surface area contributed by atoms with Crippen molar-refractivity contribution >= 4 is 10.0 Å². The standard InChI is InChI=1S/C16H32N2O2S/c1-3-17-14-16(9-5-4-6-10-16)12-15-8-7-11-18(13-15)21(2,19)20/h15,17H,3-14H2,1-2H3. The van der Waals surface area contributed by atoms with Crippen LogP contribution in [0.15, 0.2) is 0 Å². The van der Waals surface area contributed by atoms with Crippen molar-refractivity contribution in [3.8, 4) is 0 Å². The second kappa shape index (κ2) is 7.42. The zero-order chi connectivity index (χ0) is 15.3. The maximum atomic E-state index is 11.8. The van der Waals surface area contributed by atoms with E-state index in [0.29, 0.717) is 11.3 Å². The second-order valence-electron chi connectivity index (χ2n) is 7.17. The fourth-order valence-corrected chi connectivity index (χ4v) is 5.19. The minimum absolute atomic E-state index is 0.416. The predicted molar refractivity (Wildman–Crippen MR) is 87.8 cm³/mol. The number of rotatable bonds is 6. The van der Waals surface area contributed by atoms with Gasteiger partial charge in [-0.1, -0.05) is 26.2 Å². The van der Waals surface area contributed by atoms with Crippen LogP contribution < -0.4 is 5.32 Å². The van der Waals surface area contributed by atoms with Gasteiger partial charge < -0.3 is 5.32 Å². The van der Waals surface area contributed by atoms with Crippen LogP contribution in [0.3, 0.4) is 0 Å². The maximum Gasteiger partial charge on any atom is 0.211 e. The van der Waals surface area contributed by atoms with Gasteiger partial charge in [0.2, 0.25) is 10.0 Å². The van der Waals surface area contributed by atoms with Gasteiger partial charge in [-0.05, 0) is 50.0 Å². The van der Waals surface area contributed by atoms with Gasteiger partial charge in [-0.2, -0.15) is 0 Å². The van der Waals surface area contributed by atoms with Gasteiger partial charge in [-0.3, -0.25) is 0 Å². The van der Waals surface area contributed by atoms with E-state index in [9.17, 15) is 8.42 Å². The summed E-state index contributed by atoms with van der Waals surface area (Å²) in [6.07, 6.45) is 11.5. The van der Waals surface area contributed by atoms with E-state index in [2.05, 4.69) is 12.2 Å². The molecule has 5 heteroatoms. The van der Waals surface area contributed by atoms with Crippen LogP contribution >= 0.6 is 0 Å². The molecule has 0 aromatic heterocycles. The Bertz CT molecular complexity index is 416.